The Morgan fingerprint density at radius 2 is 2.07 bits per heavy atom. The topological polar surface area (TPSA) is 35.5 Å². The summed E-state index contributed by atoms with van der Waals surface area (Å²) in [5.41, 5.74) is 0. The summed E-state index contributed by atoms with van der Waals surface area (Å²) < 4.78 is 0. The van der Waals surface area contributed by atoms with Crippen LogP contribution in [0.2, 0.25) is 0 Å². The van der Waals surface area contributed by atoms with Crippen LogP contribution in [0.15, 0.2) is 0 Å². The second kappa shape index (κ2) is 8.53. The number of nitrogens with zero attached hydrogens (tertiary/aromatic N) is 1. The van der Waals surface area contributed by atoms with Crippen LogP contribution in [0.25, 0.3) is 0 Å². The molecule has 0 saturated carbocycles. The zero-order valence-electron chi connectivity index (χ0n) is 9.79. The third kappa shape index (κ3) is 8.81. The van der Waals surface area contributed by atoms with E-state index in [1.54, 1.807) is 0 Å². The summed E-state index contributed by atoms with van der Waals surface area (Å²) in [6.45, 7) is 5.73. The molecule has 0 saturated heterocycles. The lowest BCUT2D eigenvalue weighted by Crippen LogP contribution is -2.39. The van der Waals surface area contributed by atoms with E-state index in [0.717, 1.165) is 18.1 Å². The van der Waals surface area contributed by atoms with Crippen LogP contribution in [0.5, 0.6) is 0 Å². The highest BCUT2D eigenvalue weighted by atomic mass is 32.2. The second-order valence-corrected chi connectivity index (χ2v) is 5.20. The molecule has 3 nitrogen and oxygen atoms in total. The number of aliphatic hydroxyl groups is 1. The van der Waals surface area contributed by atoms with Gasteiger partial charge in [-0.15, -0.1) is 0 Å². The van der Waals surface area contributed by atoms with Gasteiger partial charge in [-0.3, -0.25) is 0 Å². The molecule has 0 aromatic carbocycles. The fourth-order valence-corrected chi connectivity index (χ4v) is 1.88. The van der Waals surface area contributed by atoms with Crippen molar-refractivity contribution in [2.24, 2.45) is 0 Å². The molecule has 14 heavy (non-hydrogen) atoms. The van der Waals surface area contributed by atoms with Crippen LogP contribution in [0.4, 0.5) is 0 Å². The first-order chi connectivity index (χ1) is 6.56. The zero-order chi connectivity index (χ0) is 11.0. The first kappa shape index (κ1) is 14.2. The minimum atomic E-state index is -0.265. The predicted octanol–water partition coefficient (Wildman–Crippen LogP) is 0.640. The first-order valence-corrected chi connectivity index (χ1v) is 6.35. The smallest absolute Gasteiger partial charge is 0.0791 e. The highest BCUT2D eigenvalue weighted by Crippen LogP contribution is 2.01. The minimum absolute atomic E-state index is 0.265. The van der Waals surface area contributed by atoms with Crippen molar-refractivity contribution in [2.45, 2.75) is 26.0 Å². The number of rotatable bonds is 8. The quantitative estimate of drug-likeness (QED) is 0.629. The summed E-state index contributed by atoms with van der Waals surface area (Å²) in [5.74, 6) is 2.28. The van der Waals surface area contributed by atoms with Crippen molar-refractivity contribution >= 4 is 11.8 Å². The molecule has 0 radical (unpaired) electrons. The Morgan fingerprint density at radius 1 is 1.43 bits per heavy atom. The van der Waals surface area contributed by atoms with Gasteiger partial charge in [-0.1, -0.05) is 6.92 Å². The Bertz CT molecular complexity index is 133. The van der Waals surface area contributed by atoms with Crippen LogP contribution in [-0.2, 0) is 0 Å². The maximum Gasteiger partial charge on any atom is 0.0791 e. The van der Waals surface area contributed by atoms with Crippen molar-refractivity contribution < 1.29 is 5.11 Å². The number of hydrogen-bond donors (Lipinski definition) is 2. The van der Waals surface area contributed by atoms with E-state index < -0.39 is 0 Å². The molecular weight excluding hydrogens is 196 g/mol. The van der Waals surface area contributed by atoms with Gasteiger partial charge in [0, 0.05) is 24.9 Å². The van der Waals surface area contributed by atoms with Gasteiger partial charge in [0.05, 0.1) is 6.10 Å². The molecule has 0 aliphatic rings. The Balaban J connectivity index is 3.40. The zero-order valence-corrected chi connectivity index (χ0v) is 10.6. The van der Waals surface area contributed by atoms with Crippen LogP contribution in [-0.4, -0.2) is 60.8 Å². The van der Waals surface area contributed by atoms with Gasteiger partial charge in [0.1, 0.15) is 0 Å². The van der Waals surface area contributed by atoms with Crippen LogP contribution in [0.3, 0.4) is 0 Å². The Morgan fingerprint density at radius 3 is 2.57 bits per heavy atom. The summed E-state index contributed by atoms with van der Waals surface area (Å²) in [5, 5.41) is 12.9. The second-order valence-electron chi connectivity index (χ2n) is 3.88. The van der Waals surface area contributed by atoms with E-state index in [1.807, 2.05) is 30.8 Å². The number of nitrogens with one attached hydrogen (secondary N) is 1. The maximum absolute atomic E-state index is 9.58. The number of hydrogen-bond acceptors (Lipinski definition) is 4. The van der Waals surface area contributed by atoms with Gasteiger partial charge in [-0.2, -0.15) is 11.8 Å². The lowest BCUT2D eigenvalue weighted by atomic mass is 10.3. The van der Waals surface area contributed by atoms with Crippen molar-refractivity contribution in [2.75, 3.05) is 38.7 Å². The molecule has 0 aromatic heterocycles. The van der Waals surface area contributed by atoms with E-state index in [0.29, 0.717) is 12.6 Å². The Hall–Kier alpha value is 0.230. The fourth-order valence-electron chi connectivity index (χ4n) is 1.18. The van der Waals surface area contributed by atoms with Gasteiger partial charge in [0.15, 0.2) is 0 Å². The van der Waals surface area contributed by atoms with Gasteiger partial charge in [-0.05, 0) is 26.8 Å². The van der Waals surface area contributed by atoms with Gasteiger partial charge in [0.2, 0.25) is 0 Å². The van der Waals surface area contributed by atoms with E-state index in [-0.39, 0.29) is 6.10 Å². The summed E-state index contributed by atoms with van der Waals surface area (Å²) in [7, 11) is 3.94. The van der Waals surface area contributed by atoms with Crippen molar-refractivity contribution in [3.8, 4) is 0 Å². The molecule has 86 valence electrons. The maximum atomic E-state index is 9.58. The Kier molecular flexibility index (Phi) is 8.67. The normalized spacial score (nSPS) is 15.9. The molecule has 2 N–H and O–H groups in total. The fraction of sp³-hybridized carbons (Fsp3) is 1.00. The number of thioether (sulfide) groups is 1. The van der Waals surface area contributed by atoms with E-state index in [2.05, 4.69) is 19.2 Å². The van der Waals surface area contributed by atoms with Gasteiger partial charge in [0.25, 0.3) is 0 Å². The van der Waals surface area contributed by atoms with Crippen molar-refractivity contribution in [3.05, 3.63) is 0 Å². The first-order valence-electron chi connectivity index (χ1n) is 5.20. The summed E-state index contributed by atoms with van der Waals surface area (Å²) in [6, 6.07) is 0.483. The van der Waals surface area contributed by atoms with E-state index in [9.17, 15) is 5.11 Å². The van der Waals surface area contributed by atoms with Crippen molar-refractivity contribution in [1.29, 1.82) is 0 Å². The molecule has 0 spiro atoms. The average Bonchev–Trinajstić information content (AvgIpc) is 2.10. The third-order valence-corrected chi connectivity index (χ3v) is 2.99. The summed E-state index contributed by atoms with van der Waals surface area (Å²) >= 11 is 1.93. The molecule has 2 unspecified atom stereocenters. The monoisotopic (exact) mass is 220 g/mol. The van der Waals surface area contributed by atoms with Crippen LogP contribution in [0.1, 0.15) is 13.8 Å². The molecule has 0 bridgehead atoms. The van der Waals surface area contributed by atoms with E-state index in [4.69, 9.17) is 0 Å². The molecule has 0 amide bonds. The van der Waals surface area contributed by atoms with Crippen molar-refractivity contribution in [1.82, 2.24) is 10.2 Å². The molecule has 4 heteroatoms. The molecule has 0 aromatic rings. The molecule has 0 fully saturated rings. The SMILES string of the molecule is CCSCC(C)NCC(O)CN(C)C. The van der Waals surface area contributed by atoms with E-state index in [1.165, 1.54) is 0 Å². The molecule has 0 aliphatic heterocycles. The molecule has 2 atom stereocenters. The van der Waals surface area contributed by atoms with Crippen LogP contribution >= 0.6 is 11.8 Å². The number of likely N-dealkylation sites (N-methyl/N-ethyl adjacent to an activating group) is 1. The summed E-state index contributed by atoms with van der Waals surface area (Å²) in [4.78, 5) is 2.00. The van der Waals surface area contributed by atoms with Gasteiger partial charge >= 0.3 is 0 Å². The van der Waals surface area contributed by atoms with Gasteiger partial charge in [-0.25, -0.2) is 0 Å². The predicted molar refractivity (Wildman–Crippen MR) is 65.0 cm³/mol. The van der Waals surface area contributed by atoms with Crippen LogP contribution in [0, 0.1) is 0 Å². The molecule has 0 rings (SSSR count). The third-order valence-electron chi connectivity index (χ3n) is 1.85. The van der Waals surface area contributed by atoms with Crippen LogP contribution < -0.4 is 5.32 Å². The standard InChI is InChI=1S/C10H24N2OS/c1-5-14-8-9(2)11-6-10(13)7-12(3)4/h9-11,13H,5-8H2,1-4H3. The largest absolute Gasteiger partial charge is 0.390 e. The lowest BCUT2D eigenvalue weighted by molar-refractivity contribution is 0.133. The van der Waals surface area contributed by atoms with E-state index >= 15 is 0 Å². The van der Waals surface area contributed by atoms with Crippen molar-refractivity contribution in [3.63, 3.8) is 0 Å². The Labute approximate surface area is 92.3 Å². The highest BCUT2D eigenvalue weighted by Gasteiger charge is 2.07. The molecular formula is C10H24N2OS. The minimum Gasteiger partial charge on any atom is -0.390 e. The molecule has 0 aliphatic carbocycles. The average molecular weight is 220 g/mol. The highest BCUT2D eigenvalue weighted by molar-refractivity contribution is 7.99. The molecule has 0 heterocycles. The number of aliphatic hydroxyl groups excluding tert-OH is 1. The van der Waals surface area contributed by atoms with Gasteiger partial charge < -0.3 is 15.3 Å². The lowest BCUT2D eigenvalue weighted by Gasteiger charge is -2.19. The summed E-state index contributed by atoms with van der Waals surface area (Å²) in [6.07, 6.45) is -0.265.